The molecular formula is C22H23FN2O5S. The summed E-state index contributed by atoms with van der Waals surface area (Å²) in [6.45, 7) is 0.511. The summed E-state index contributed by atoms with van der Waals surface area (Å²) < 4.78 is 48.6. The van der Waals surface area contributed by atoms with Crippen LogP contribution in [-0.2, 0) is 9.84 Å². The average molecular weight is 447 g/mol. The molecule has 1 heterocycles. The van der Waals surface area contributed by atoms with E-state index in [0.717, 1.165) is 19.1 Å². The van der Waals surface area contributed by atoms with E-state index in [2.05, 4.69) is 10.6 Å². The summed E-state index contributed by atoms with van der Waals surface area (Å²) in [5.41, 5.74) is 1.69. The van der Waals surface area contributed by atoms with Gasteiger partial charge in [-0.15, -0.1) is 0 Å². The van der Waals surface area contributed by atoms with Crippen molar-refractivity contribution in [3.05, 3.63) is 47.8 Å². The fourth-order valence-corrected chi connectivity index (χ4v) is 3.65. The number of hydrogen-bond acceptors (Lipinski definition) is 6. The number of fused-ring (bicyclic) bond motifs is 1. The van der Waals surface area contributed by atoms with Gasteiger partial charge < -0.3 is 19.8 Å². The van der Waals surface area contributed by atoms with Gasteiger partial charge in [0, 0.05) is 30.3 Å². The molecule has 2 aromatic carbocycles. The van der Waals surface area contributed by atoms with Crippen molar-refractivity contribution in [3.63, 3.8) is 0 Å². The van der Waals surface area contributed by atoms with Gasteiger partial charge in [-0.25, -0.2) is 12.8 Å². The molecule has 0 spiro atoms. The lowest BCUT2D eigenvalue weighted by atomic mass is 10.0. The second-order valence-corrected chi connectivity index (χ2v) is 9.88. The van der Waals surface area contributed by atoms with Crippen LogP contribution in [0, 0.1) is 11.7 Å². The summed E-state index contributed by atoms with van der Waals surface area (Å²) in [7, 11) is -1.76. The minimum absolute atomic E-state index is 0.272. The molecule has 0 atom stereocenters. The predicted molar refractivity (Wildman–Crippen MR) is 117 cm³/mol. The highest BCUT2D eigenvalue weighted by Crippen LogP contribution is 2.40. The molecule has 0 bridgehead atoms. The normalized spacial score (nSPS) is 13.9. The Morgan fingerprint density at radius 2 is 1.94 bits per heavy atom. The van der Waals surface area contributed by atoms with E-state index < -0.39 is 15.7 Å². The smallest absolute Gasteiger partial charge is 0.255 e. The first-order chi connectivity index (χ1) is 14.7. The predicted octanol–water partition coefficient (Wildman–Crippen LogP) is 3.80. The van der Waals surface area contributed by atoms with E-state index in [9.17, 15) is 17.6 Å². The van der Waals surface area contributed by atoms with Gasteiger partial charge in [-0.1, -0.05) is 0 Å². The maximum Gasteiger partial charge on any atom is 0.255 e. The van der Waals surface area contributed by atoms with Crippen LogP contribution in [0.5, 0.6) is 5.75 Å². The summed E-state index contributed by atoms with van der Waals surface area (Å²) in [4.78, 5) is 12.7. The van der Waals surface area contributed by atoms with Crippen LogP contribution in [0.1, 0.15) is 23.2 Å². The molecule has 1 amide bonds. The first kappa shape index (κ1) is 21.2. The van der Waals surface area contributed by atoms with Crippen molar-refractivity contribution >= 4 is 32.4 Å². The third-order valence-corrected chi connectivity index (χ3v) is 5.72. The van der Waals surface area contributed by atoms with E-state index >= 15 is 0 Å². The van der Waals surface area contributed by atoms with Gasteiger partial charge >= 0.3 is 0 Å². The Morgan fingerprint density at radius 3 is 2.55 bits per heavy atom. The van der Waals surface area contributed by atoms with Crippen molar-refractivity contribution in [1.29, 1.82) is 0 Å². The minimum atomic E-state index is -3.28. The monoisotopic (exact) mass is 446 g/mol. The van der Waals surface area contributed by atoms with Gasteiger partial charge in [-0.3, -0.25) is 4.79 Å². The molecule has 3 aromatic rings. The van der Waals surface area contributed by atoms with E-state index in [1.165, 1.54) is 31.3 Å². The Morgan fingerprint density at radius 1 is 1.23 bits per heavy atom. The largest absolute Gasteiger partial charge is 0.491 e. The van der Waals surface area contributed by atoms with Crippen LogP contribution >= 0.6 is 0 Å². The number of halogens is 1. The summed E-state index contributed by atoms with van der Waals surface area (Å²) >= 11 is 0. The Labute approximate surface area is 179 Å². The first-order valence-corrected chi connectivity index (χ1v) is 11.9. The van der Waals surface area contributed by atoms with Crippen molar-refractivity contribution < 1.29 is 26.8 Å². The van der Waals surface area contributed by atoms with E-state index in [0.29, 0.717) is 51.8 Å². The van der Waals surface area contributed by atoms with Crippen LogP contribution in [-0.4, -0.2) is 40.1 Å². The highest BCUT2D eigenvalue weighted by Gasteiger charge is 2.26. The Balaban J connectivity index is 1.85. The number of amides is 1. The van der Waals surface area contributed by atoms with Crippen LogP contribution < -0.4 is 15.4 Å². The van der Waals surface area contributed by atoms with Gasteiger partial charge in [0.2, 0.25) is 0 Å². The van der Waals surface area contributed by atoms with Gasteiger partial charge in [0.15, 0.2) is 9.84 Å². The SMILES string of the molecule is CNC(=O)c1c(-c2ccc(F)cc2)oc2cc(NCS(C)(=O)=O)c(OCC3CC3)cc12. The summed E-state index contributed by atoms with van der Waals surface area (Å²) in [5.74, 6) is 0.192. The van der Waals surface area contributed by atoms with Gasteiger partial charge in [0.05, 0.1) is 17.9 Å². The van der Waals surface area contributed by atoms with E-state index in [1.54, 1.807) is 12.1 Å². The molecule has 0 radical (unpaired) electrons. The second kappa shape index (κ2) is 8.22. The zero-order valence-electron chi connectivity index (χ0n) is 17.2. The number of benzene rings is 2. The van der Waals surface area contributed by atoms with Crippen LogP contribution in [0.15, 0.2) is 40.8 Å². The number of rotatable bonds is 8. The molecule has 0 aliphatic heterocycles. The van der Waals surface area contributed by atoms with Crippen LogP contribution in [0.3, 0.4) is 0 Å². The fraction of sp³-hybridized carbons (Fsp3) is 0.318. The molecule has 0 saturated heterocycles. The molecule has 7 nitrogen and oxygen atoms in total. The summed E-state index contributed by atoms with van der Waals surface area (Å²) in [6.07, 6.45) is 3.32. The van der Waals surface area contributed by atoms with Crippen LogP contribution in [0.2, 0.25) is 0 Å². The summed E-state index contributed by atoms with van der Waals surface area (Å²) in [5, 5.41) is 6.02. The molecule has 4 rings (SSSR count). The van der Waals surface area contributed by atoms with E-state index in [1.807, 2.05) is 0 Å². The fourth-order valence-electron chi connectivity index (χ4n) is 3.24. The number of carbonyl (C=O) groups excluding carboxylic acids is 1. The number of hydrogen-bond donors (Lipinski definition) is 2. The van der Waals surface area contributed by atoms with Crippen LogP contribution in [0.25, 0.3) is 22.3 Å². The highest BCUT2D eigenvalue weighted by molar-refractivity contribution is 7.90. The first-order valence-electron chi connectivity index (χ1n) is 9.88. The lowest BCUT2D eigenvalue weighted by molar-refractivity contribution is 0.0964. The lowest BCUT2D eigenvalue weighted by Crippen LogP contribution is -2.18. The zero-order valence-corrected chi connectivity index (χ0v) is 18.0. The van der Waals surface area contributed by atoms with Crippen molar-refractivity contribution in [2.45, 2.75) is 12.8 Å². The molecule has 1 fully saturated rings. The van der Waals surface area contributed by atoms with Gasteiger partial charge in [0.1, 0.15) is 28.8 Å². The van der Waals surface area contributed by atoms with Crippen molar-refractivity contribution in [1.82, 2.24) is 5.32 Å². The van der Waals surface area contributed by atoms with Gasteiger partial charge in [-0.05, 0) is 49.1 Å². The van der Waals surface area contributed by atoms with E-state index in [-0.39, 0.29) is 11.8 Å². The zero-order chi connectivity index (χ0) is 22.2. The molecule has 0 unspecified atom stereocenters. The number of ether oxygens (including phenoxy) is 1. The number of nitrogens with one attached hydrogen (secondary N) is 2. The van der Waals surface area contributed by atoms with Gasteiger partial charge in [-0.2, -0.15) is 0 Å². The number of carbonyl (C=O) groups is 1. The molecule has 1 saturated carbocycles. The Kier molecular flexibility index (Phi) is 5.62. The average Bonchev–Trinajstić information content (AvgIpc) is 3.49. The van der Waals surface area contributed by atoms with Crippen LogP contribution in [0.4, 0.5) is 10.1 Å². The molecule has 1 aromatic heterocycles. The number of anilines is 1. The third kappa shape index (κ3) is 4.82. The topological polar surface area (TPSA) is 97.6 Å². The van der Waals surface area contributed by atoms with Crippen molar-refractivity contribution in [2.24, 2.45) is 5.92 Å². The highest BCUT2D eigenvalue weighted by atomic mass is 32.2. The second-order valence-electron chi connectivity index (χ2n) is 7.74. The third-order valence-electron chi connectivity index (χ3n) is 5.05. The number of sulfone groups is 1. The Bertz CT molecular complexity index is 1230. The van der Waals surface area contributed by atoms with Crippen molar-refractivity contribution in [3.8, 4) is 17.1 Å². The van der Waals surface area contributed by atoms with E-state index in [4.69, 9.17) is 9.15 Å². The van der Waals surface area contributed by atoms with Gasteiger partial charge in [0.25, 0.3) is 5.91 Å². The molecule has 1 aliphatic rings. The maximum atomic E-state index is 13.4. The minimum Gasteiger partial charge on any atom is -0.491 e. The molecule has 2 N–H and O–H groups in total. The number of furan rings is 1. The molecule has 31 heavy (non-hydrogen) atoms. The Hall–Kier alpha value is -3.07. The lowest BCUT2D eigenvalue weighted by Gasteiger charge is -2.13. The van der Waals surface area contributed by atoms with Crippen molar-refractivity contribution in [2.75, 3.05) is 31.1 Å². The molecule has 9 heteroatoms. The maximum absolute atomic E-state index is 13.4. The molecule has 164 valence electrons. The standard InChI is InChI=1S/C22H23FN2O5S/c1-24-22(26)20-16-9-19(29-11-13-3-4-13)17(25-12-31(2,27)28)10-18(16)30-21(20)14-5-7-15(23)8-6-14/h5-10,13,25H,3-4,11-12H2,1-2H3,(H,24,26). The quantitative estimate of drug-likeness (QED) is 0.546. The molecule has 1 aliphatic carbocycles. The summed E-state index contributed by atoms with van der Waals surface area (Å²) in [6, 6.07) is 8.96. The molecular weight excluding hydrogens is 423 g/mol.